The minimum Gasteiger partial charge on any atom is -0.300 e. The predicted molar refractivity (Wildman–Crippen MR) is 52.7 cm³/mol. The fraction of sp³-hybridized carbons (Fsp3) is 0.455. The molecule has 2 heteroatoms. The van der Waals surface area contributed by atoms with Crippen LogP contribution in [0.1, 0.15) is 37.8 Å². The van der Waals surface area contributed by atoms with E-state index in [9.17, 15) is 4.79 Å². The lowest BCUT2D eigenvalue weighted by atomic mass is 9.96. The number of aromatic nitrogens is 1. The second-order valence-electron chi connectivity index (χ2n) is 3.61. The summed E-state index contributed by atoms with van der Waals surface area (Å²) in [5.74, 6) is 0.646. The number of hydrogen-bond acceptors (Lipinski definition) is 2. The van der Waals surface area contributed by atoms with Gasteiger partial charge in [0.05, 0.1) is 0 Å². The van der Waals surface area contributed by atoms with Gasteiger partial charge in [-0.3, -0.25) is 9.78 Å². The number of Topliss-reactive ketones (excluding diaryl/α,β-unsaturated/α-hetero) is 1. The summed E-state index contributed by atoms with van der Waals surface area (Å²) in [6.07, 6.45) is 4.07. The van der Waals surface area contributed by atoms with E-state index in [0.717, 1.165) is 5.56 Å². The summed E-state index contributed by atoms with van der Waals surface area (Å²) >= 11 is 0. The van der Waals surface area contributed by atoms with E-state index in [2.05, 4.69) is 18.8 Å². The minimum absolute atomic E-state index is 0.190. The summed E-state index contributed by atoms with van der Waals surface area (Å²) in [6.45, 7) is 5.86. The van der Waals surface area contributed by atoms with E-state index in [1.165, 1.54) is 5.56 Å². The van der Waals surface area contributed by atoms with Gasteiger partial charge in [-0.25, -0.2) is 0 Å². The van der Waals surface area contributed by atoms with Gasteiger partial charge in [0.1, 0.15) is 5.78 Å². The Bertz CT molecular complexity index is 305. The first-order valence-corrected chi connectivity index (χ1v) is 4.53. The zero-order valence-corrected chi connectivity index (χ0v) is 8.37. The molecule has 0 atom stereocenters. The van der Waals surface area contributed by atoms with Gasteiger partial charge >= 0.3 is 0 Å². The van der Waals surface area contributed by atoms with Crippen molar-refractivity contribution >= 4 is 5.78 Å². The van der Waals surface area contributed by atoms with Gasteiger partial charge in [0.2, 0.25) is 0 Å². The zero-order valence-electron chi connectivity index (χ0n) is 8.37. The van der Waals surface area contributed by atoms with Crippen LogP contribution in [0.25, 0.3) is 0 Å². The Morgan fingerprint density at radius 1 is 1.54 bits per heavy atom. The average molecular weight is 177 g/mol. The smallest absolute Gasteiger partial charge is 0.134 e. The van der Waals surface area contributed by atoms with Crippen molar-refractivity contribution in [1.29, 1.82) is 0 Å². The van der Waals surface area contributed by atoms with Gasteiger partial charge in [0.15, 0.2) is 0 Å². The Hall–Kier alpha value is -1.18. The molecule has 0 bridgehead atoms. The van der Waals surface area contributed by atoms with Crippen molar-refractivity contribution in [3.63, 3.8) is 0 Å². The van der Waals surface area contributed by atoms with Crippen molar-refractivity contribution in [2.24, 2.45) is 0 Å². The zero-order chi connectivity index (χ0) is 9.84. The fourth-order valence-corrected chi connectivity index (χ4v) is 1.42. The van der Waals surface area contributed by atoms with Crippen molar-refractivity contribution < 1.29 is 4.79 Å². The maximum atomic E-state index is 11.0. The summed E-state index contributed by atoms with van der Waals surface area (Å²) in [7, 11) is 0. The van der Waals surface area contributed by atoms with Crippen LogP contribution in [-0.2, 0) is 11.2 Å². The molecule has 1 aromatic heterocycles. The Balaban J connectivity index is 2.97. The van der Waals surface area contributed by atoms with Gasteiger partial charge in [0, 0.05) is 18.8 Å². The van der Waals surface area contributed by atoms with Crippen LogP contribution in [0, 0.1) is 0 Å². The van der Waals surface area contributed by atoms with E-state index >= 15 is 0 Å². The molecule has 0 N–H and O–H groups in total. The van der Waals surface area contributed by atoms with Crippen LogP contribution in [-0.4, -0.2) is 10.8 Å². The number of carbonyl (C=O) groups excluding carboxylic acids is 1. The molecular formula is C11H15NO. The Morgan fingerprint density at radius 2 is 2.23 bits per heavy atom. The normalized spacial score (nSPS) is 10.5. The average Bonchev–Trinajstić information content (AvgIpc) is 2.03. The molecule has 0 aliphatic carbocycles. The van der Waals surface area contributed by atoms with Gasteiger partial charge in [-0.1, -0.05) is 13.8 Å². The summed E-state index contributed by atoms with van der Waals surface area (Å²) < 4.78 is 0. The number of pyridine rings is 1. The lowest BCUT2D eigenvalue weighted by molar-refractivity contribution is -0.116. The molecule has 0 aliphatic rings. The lowest BCUT2D eigenvalue weighted by Crippen LogP contribution is -2.02. The van der Waals surface area contributed by atoms with Crippen molar-refractivity contribution in [3.05, 3.63) is 29.6 Å². The van der Waals surface area contributed by atoms with Gasteiger partial charge in [0.25, 0.3) is 0 Å². The largest absolute Gasteiger partial charge is 0.300 e. The van der Waals surface area contributed by atoms with E-state index in [1.54, 1.807) is 19.3 Å². The van der Waals surface area contributed by atoms with Crippen molar-refractivity contribution in [2.75, 3.05) is 0 Å². The van der Waals surface area contributed by atoms with Gasteiger partial charge in [-0.05, 0) is 30.0 Å². The molecule has 70 valence electrons. The molecule has 0 saturated carbocycles. The molecule has 0 fully saturated rings. The maximum absolute atomic E-state index is 11.0. The van der Waals surface area contributed by atoms with E-state index in [0.29, 0.717) is 12.3 Å². The van der Waals surface area contributed by atoms with Crippen LogP contribution in [0.5, 0.6) is 0 Å². The first-order valence-electron chi connectivity index (χ1n) is 4.53. The van der Waals surface area contributed by atoms with Crippen LogP contribution >= 0.6 is 0 Å². The van der Waals surface area contributed by atoms with Crippen LogP contribution in [0.15, 0.2) is 18.5 Å². The highest BCUT2D eigenvalue weighted by atomic mass is 16.1. The molecule has 13 heavy (non-hydrogen) atoms. The van der Waals surface area contributed by atoms with Crippen LogP contribution in [0.2, 0.25) is 0 Å². The summed E-state index contributed by atoms with van der Waals surface area (Å²) in [4.78, 5) is 15.0. The maximum Gasteiger partial charge on any atom is 0.134 e. The van der Waals surface area contributed by atoms with Crippen LogP contribution in [0.3, 0.4) is 0 Å². The van der Waals surface area contributed by atoms with Crippen LogP contribution in [0.4, 0.5) is 0 Å². The molecule has 0 radical (unpaired) electrons. The SMILES string of the molecule is CC(=O)Cc1cnccc1C(C)C. The van der Waals surface area contributed by atoms with E-state index < -0.39 is 0 Å². The monoisotopic (exact) mass is 177 g/mol. The summed E-state index contributed by atoms with van der Waals surface area (Å²) in [5.41, 5.74) is 2.29. The molecule has 0 unspecified atom stereocenters. The topological polar surface area (TPSA) is 30.0 Å². The number of hydrogen-bond donors (Lipinski definition) is 0. The third kappa shape index (κ3) is 2.65. The van der Waals surface area contributed by atoms with Crippen molar-refractivity contribution in [2.45, 2.75) is 33.1 Å². The van der Waals surface area contributed by atoms with E-state index in [4.69, 9.17) is 0 Å². The first kappa shape index (κ1) is 9.90. The number of carbonyl (C=O) groups is 1. The second kappa shape index (κ2) is 4.17. The minimum atomic E-state index is 0.190. The second-order valence-corrected chi connectivity index (χ2v) is 3.61. The summed E-state index contributed by atoms with van der Waals surface area (Å²) in [6, 6.07) is 1.99. The highest BCUT2D eigenvalue weighted by Crippen LogP contribution is 2.18. The van der Waals surface area contributed by atoms with E-state index in [-0.39, 0.29) is 5.78 Å². The Labute approximate surface area is 79.0 Å². The predicted octanol–water partition coefficient (Wildman–Crippen LogP) is 2.34. The summed E-state index contributed by atoms with van der Waals surface area (Å²) in [5, 5.41) is 0. The Kier molecular flexibility index (Phi) is 3.18. The standard InChI is InChI=1S/C11H15NO/c1-8(2)11-4-5-12-7-10(11)6-9(3)13/h4-5,7-8H,6H2,1-3H3. The first-order chi connectivity index (χ1) is 6.11. The number of nitrogens with zero attached hydrogens (tertiary/aromatic N) is 1. The van der Waals surface area contributed by atoms with Gasteiger partial charge in [-0.15, -0.1) is 0 Å². The number of ketones is 1. The van der Waals surface area contributed by atoms with Gasteiger partial charge < -0.3 is 0 Å². The molecular weight excluding hydrogens is 162 g/mol. The molecule has 1 rings (SSSR count). The molecule has 0 saturated heterocycles. The van der Waals surface area contributed by atoms with Gasteiger partial charge in [-0.2, -0.15) is 0 Å². The molecule has 2 nitrogen and oxygen atoms in total. The quantitative estimate of drug-likeness (QED) is 0.709. The van der Waals surface area contributed by atoms with Crippen molar-refractivity contribution in [1.82, 2.24) is 4.98 Å². The third-order valence-corrected chi connectivity index (χ3v) is 2.00. The van der Waals surface area contributed by atoms with Crippen LogP contribution < -0.4 is 0 Å². The fourth-order valence-electron chi connectivity index (χ4n) is 1.42. The van der Waals surface area contributed by atoms with E-state index in [1.807, 2.05) is 6.07 Å². The highest BCUT2D eigenvalue weighted by molar-refractivity contribution is 5.78. The Morgan fingerprint density at radius 3 is 2.77 bits per heavy atom. The molecule has 1 aromatic rings. The highest BCUT2D eigenvalue weighted by Gasteiger charge is 2.07. The molecule has 0 aromatic carbocycles. The molecule has 0 aliphatic heterocycles. The third-order valence-electron chi connectivity index (χ3n) is 2.00. The lowest BCUT2D eigenvalue weighted by Gasteiger charge is -2.10. The molecule has 1 heterocycles. The van der Waals surface area contributed by atoms with Crippen molar-refractivity contribution in [3.8, 4) is 0 Å². The molecule has 0 spiro atoms. The number of rotatable bonds is 3. The molecule has 0 amide bonds.